The van der Waals surface area contributed by atoms with Gasteiger partial charge in [-0.1, -0.05) is 25.7 Å². The molecule has 0 radical (unpaired) electrons. The average Bonchev–Trinajstić information content (AvgIpc) is 2.95. The Morgan fingerprint density at radius 1 is 0.792 bits per heavy atom. The summed E-state index contributed by atoms with van der Waals surface area (Å²) in [4.78, 5) is 28.8. The zero-order chi connectivity index (χ0) is 17.2. The van der Waals surface area contributed by atoms with E-state index in [9.17, 15) is 9.59 Å². The molecular weight excluding hydrogens is 302 g/mol. The monoisotopic (exact) mass is 337 g/mol. The first-order valence-corrected chi connectivity index (χ1v) is 9.96. The van der Waals surface area contributed by atoms with Gasteiger partial charge in [-0.25, -0.2) is 0 Å². The van der Waals surface area contributed by atoms with Crippen molar-refractivity contribution in [2.75, 3.05) is 32.7 Å². The largest absolute Gasteiger partial charge is 0.341 e. The van der Waals surface area contributed by atoms with E-state index in [0.29, 0.717) is 31.3 Å². The molecular formula is C19H35N3O2. The maximum Gasteiger partial charge on any atom is 0.222 e. The van der Waals surface area contributed by atoms with Crippen LogP contribution in [0.5, 0.6) is 0 Å². The van der Waals surface area contributed by atoms with E-state index in [-0.39, 0.29) is 5.91 Å². The number of amides is 2. The third-order valence-corrected chi connectivity index (χ3v) is 5.48. The molecule has 138 valence electrons. The molecule has 2 fully saturated rings. The Bertz CT molecular complexity index is 394. The predicted octanol–water partition coefficient (Wildman–Crippen LogP) is 2.54. The molecule has 1 heterocycles. The van der Waals surface area contributed by atoms with Crippen LogP contribution >= 0.6 is 0 Å². The molecule has 5 heteroatoms. The van der Waals surface area contributed by atoms with Crippen molar-refractivity contribution in [1.82, 2.24) is 9.80 Å². The van der Waals surface area contributed by atoms with Crippen molar-refractivity contribution >= 4 is 11.8 Å². The lowest BCUT2D eigenvalue weighted by atomic mass is 10.0. The Morgan fingerprint density at radius 3 is 2.08 bits per heavy atom. The Morgan fingerprint density at radius 2 is 1.42 bits per heavy atom. The fourth-order valence-corrected chi connectivity index (χ4v) is 3.94. The third-order valence-electron chi connectivity index (χ3n) is 5.48. The maximum atomic E-state index is 12.5. The lowest BCUT2D eigenvalue weighted by Gasteiger charge is -2.23. The van der Waals surface area contributed by atoms with E-state index in [1.807, 2.05) is 9.80 Å². The molecule has 1 aliphatic heterocycles. The molecule has 1 aliphatic carbocycles. The van der Waals surface area contributed by atoms with Crippen molar-refractivity contribution in [3.05, 3.63) is 0 Å². The highest BCUT2D eigenvalue weighted by Gasteiger charge is 2.25. The van der Waals surface area contributed by atoms with Gasteiger partial charge in [0.05, 0.1) is 0 Å². The maximum absolute atomic E-state index is 12.5. The molecule has 5 nitrogen and oxygen atoms in total. The molecule has 0 aromatic heterocycles. The van der Waals surface area contributed by atoms with Gasteiger partial charge in [0.2, 0.25) is 11.8 Å². The summed E-state index contributed by atoms with van der Waals surface area (Å²) in [5.41, 5.74) is 5.49. The van der Waals surface area contributed by atoms with Crippen LogP contribution in [-0.4, -0.2) is 54.3 Å². The van der Waals surface area contributed by atoms with Gasteiger partial charge in [-0.3, -0.25) is 9.59 Å². The van der Waals surface area contributed by atoms with Gasteiger partial charge in [-0.2, -0.15) is 0 Å². The van der Waals surface area contributed by atoms with Crippen LogP contribution in [0, 0.1) is 5.92 Å². The number of carbonyl (C=O) groups is 2. The molecule has 0 aromatic carbocycles. The van der Waals surface area contributed by atoms with Gasteiger partial charge in [0.1, 0.15) is 0 Å². The smallest absolute Gasteiger partial charge is 0.222 e. The molecule has 24 heavy (non-hydrogen) atoms. The van der Waals surface area contributed by atoms with Crippen LogP contribution in [0.4, 0.5) is 0 Å². The van der Waals surface area contributed by atoms with Crippen molar-refractivity contribution < 1.29 is 9.59 Å². The zero-order valence-electron chi connectivity index (χ0n) is 15.2. The number of unbranched alkanes of at least 4 members (excludes halogenated alkanes) is 3. The number of hydrogen-bond acceptors (Lipinski definition) is 3. The van der Waals surface area contributed by atoms with E-state index in [1.165, 1.54) is 25.7 Å². The van der Waals surface area contributed by atoms with E-state index >= 15 is 0 Å². The zero-order valence-corrected chi connectivity index (χ0v) is 15.2. The van der Waals surface area contributed by atoms with Gasteiger partial charge in [0, 0.05) is 39.0 Å². The van der Waals surface area contributed by atoms with Crippen LogP contribution < -0.4 is 5.73 Å². The quantitative estimate of drug-likeness (QED) is 0.692. The molecule has 0 spiro atoms. The van der Waals surface area contributed by atoms with E-state index in [1.54, 1.807) is 0 Å². The van der Waals surface area contributed by atoms with E-state index in [2.05, 4.69) is 0 Å². The predicted molar refractivity (Wildman–Crippen MR) is 96.5 cm³/mol. The first kappa shape index (κ1) is 19.2. The van der Waals surface area contributed by atoms with Crippen LogP contribution in [0.25, 0.3) is 0 Å². The van der Waals surface area contributed by atoms with E-state index in [4.69, 9.17) is 5.73 Å². The third kappa shape index (κ3) is 6.42. The number of carbonyl (C=O) groups excluding carboxylic acids is 2. The summed E-state index contributed by atoms with van der Waals surface area (Å²) in [6.07, 6.45) is 11.5. The van der Waals surface area contributed by atoms with Crippen molar-refractivity contribution in [2.24, 2.45) is 11.7 Å². The van der Waals surface area contributed by atoms with Gasteiger partial charge in [-0.05, 0) is 44.6 Å². The average molecular weight is 338 g/mol. The van der Waals surface area contributed by atoms with Crippen LogP contribution in [0.3, 0.4) is 0 Å². The second-order valence-electron chi connectivity index (χ2n) is 7.42. The highest BCUT2D eigenvalue weighted by atomic mass is 16.2. The first-order valence-electron chi connectivity index (χ1n) is 9.96. The number of rotatable bonds is 8. The molecule has 1 saturated carbocycles. The second-order valence-corrected chi connectivity index (χ2v) is 7.42. The van der Waals surface area contributed by atoms with Crippen LogP contribution in [-0.2, 0) is 9.59 Å². The molecule has 0 bridgehead atoms. The fourth-order valence-electron chi connectivity index (χ4n) is 3.94. The molecule has 0 unspecified atom stereocenters. The lowest BCUT2D eigenvalue weighted by Crippen LogP contribution is -2.37. The van der Waals surface area contributed by atoms with Gasteiger partial charge in [0.25, 0.3) is 0 Å². The Labute approximate surface area is 146 Å². The molecule has 2 rings (SSSR count). The van der Waals surface area contributed by atoms with Gasteiger partial charge < -0.3 is 15.5 Å². The van der Waals surface area contributed by atoms with Crippen LogP contribution in [0.15, 0.2) is 0 Å². The summed E-state index contributed by atoms with van der Waals surface area (Å²) in [6.45, 7) is 3.77. The molecule has 2 N–H and O–H groups in total. The second kappa shape index (κ2) is 10.7. The van der Waals surface area contributed by atoms with Gasteiger partial charge in [-0.15, -0.1) is 0 Å². The lowest BCUT2D eigenvalue weighted by molar-refractivity contribution is -0.134. The Kier molecular flexibility index (Phi) is 8.57. The normalized spacial score (nSPS) is 19.5. The summed E-state index contributed by atoms with van der Waals surface area (Å²) in [5, 5.41) is 0. The molecule has 0 atom stereocenters. The first-order chi connectivity index (χ1) is 11.7. The SMILES string of the molecule is NCCCCCCC(=O)N1CCCN(C(=O)CC2CCCC2)CC1. The van der Waals surface area contributed by atoms with Crippen molar-refractivity contribution in [3.8, 4) is 0 Å². The van der Waals surface area contributed by atoms with Gasteiger partial charge >= 0.3 is 0 Å². The number of nitrogens with two attached hydrogens (primary N) is 1. The van der Waals surface area contributed by atoms with Gasteiger partial charge in [0.15, 0.2) is 0 Å². The van der Waals surface area contributed by atoms with Crippen LogP contribution in [0.2, 0.25) is 0 Å². The molecule has 2 aliphatic rings. The highest BCUT2D eigenvalue weighted by Crippen LogP contribution is 2.28. The number of nitrogens with zero attached hydrogens (tertiary/aromatic N) is 2. The Balaban J connectivity index is 1.67. The van der Waals surface area contributed by atoms with E-state index in [0.717, 1.165) is 58.2 Å². The van der Waals surface area contributed by atoms with Crippen molar-refractivity contribution in [3.63, 3.8) is 0 Å². The molecule has 1 saturated heterocycles. The summed E-state index contributed by atoms with van der Waals surface area (Å²) < 4.78 is 0. The summed E-state index contributed by atoms with van der Waals surface area (Å²) >= 11 is 0. The minimum Gasteiger partial charge on any atom is -0.341 e. The van der Waals surface area contributed by atoms with Crippen molar-refractivity contribution in [1.29, 1.82) is 0 Å². The highest BCUT2D eigenvalue weighted by molar-refractivity contribution is 5.78. The fraction of sp³-hybridized carbons (Fsp3) is 0.895. The molecule has 0 aromatic rings. The Hall–Kier alpha value is -1.10. The summed E-state index contributed by atoms with van der Waals surface area (Å²) in [6, 6.07) is 0. The van der Waals surface area contributed by atoms with Crippen molar-refractivity contribution in [2.45, 2.75) is 70.6 Å². The topological polar surface area (TPSA) is 66.6 Å². The minimum atomic E-state index is 0.257. The standard InChI is InChI=1S/C19H35N3O2/c20-11-6-2-1-3-10-18(23)21-12-7-13-22(15-14-21)19(24)16-17-8-4-5-9-17/h17H,1-16,20H2. The number of hydrogen-bond donors (Lipinski definition) is 1. The summed E-state index contributed by atoms with van der Waals surface area (Å²) in [5.74, 6) is 1.16. The minimum absolute atomic E-state index is 0.257. The van der Waals surface area contributed by atoms with E-state index < -0.39 is 0 Å². The summed E-state index contributed by atoms with van der Waals surface area (Å²) in [7, 11) is 0. The molecule has 2 amide bonds. The van der Waals surface area contributed by atoms with Crippen LogP contribution in [0.1, 0.15) is 70.6 Å².